The number of benzene rings is 2. The Morgan fingerprint density at radius 1 is 1.14 bits per heavy atom. The average molecular weight is 415 g/mol. The van der Waals surface area contributed by atoms with E-state index in [1.54, 1.807) is 0 Å². The van der Waals surface area contributed by atoms with Crippen LogP contribution in [-0.4, -0.2) is 28.3 Å². The van der Waals surface area contributed by atoms with Crippen LogP contribution < -0.4 is 10.6 Å². The quantitative estimate of drug-likeness (QED) is 0.657. The third kappa shape index (κ3) is 4.45. The Kier molecular flexibility index (Phi) is 6.27. The summed E-state index contributed by atoms with van der Waals surface area (Å²) in [6, 6.07) is 13.7. The Morgan fingerprint density at radius 3 is 2.52 bits per heavy atom. The molecule has 0 radical (unpaired) electrons. The minimum absolute atomic E-state index is 0.0162. The number of rotatable bonds is 6. The number of unbranched alkanes of at least 4 members (excludes halogenated alkanes) is 1. The molecule has 4 nitrogen and oxygen atoms in total. The zero-order chi connectivity index (χ0) is 21.2. The van der Waals surface area contributed by atoms with Gasteiger partial charge in [0.1, 0.15) is 0 Å². The Morgan fingerprint density at radius 2 is 1.90 bits per heavy atom. The lowest BCUT2D eigenvalue weighted by Crippen LogP contribution is -2.29. The van der Waals surface area contributed by atoms with Crippen LogP contribution in [0, 0.1) is 5.41 Å². The molecule has 3 rings (SSSR count). The summed E-state index contributed by atoms with van der Waals surface area (Å²) in [5, 5.41) is 0. The predicted octanol–water partition coefficient (Wildman–Crippen LogP) is 5.23. The van der Waals surface area contributed by atoms with Crippen LogP contribution in [0.3, 0.4) is 0 Å². The molecule has 158 valence electrons. The molecule has 0 aliphatic carbocycles. The largest absolute Gasteiger partial charge is 0.399 e. The van der Waals surface area contributed by atoms with E-state index in [0.717, 1.165) is 54.6 Å². The molecule has 0 unspecified atom stereocenters. The van der Waals surface area contributed by atoms with Gasteiger partial charge in [-0.1, -0.05) is 38.8 Å². The zero-order valence-corrected chi connectivity index (χ0v) is 18.9. The molecule has 2 aromatic rings. The Labute approximate surface area is 176 Å². The number of nitrogens with two attached hydrogens (primary N) is 1. The fraction of sp³-hybridized carbons (Fsp3) is 0.500. The van der Waals surface area contributed by atoms with E-state index in [1.807, 2.05) is 49.3 Å². The van der Waals surface area contributed by atoms with E-state index in [4.69, 9.17) is 5.73 Å². The number of sulfone groups is 1. The molecule has 5 heteroatoms. The Bertz CT molecular complexity index is 969. The molecule has 0 amide bonds. The van der Waals surface area contributed by atoms with E-state index in [0.29, 0.717) is 4.90 Å². The molecule has 0 saturated carbocycles. The summed E-state index contributed by atoms with van der Waals surface area (Å²) in [4.78, 5) is 2.51. The molecule has 0 aromatic heterocycles. The fourth-order valence-electron chi connectivity index (χ4n) is 4.67. The third-order valence-electron chi connectivity index (χ3n) is 6.48. The third-order valence-corrected chi connectivity index (χ3v) is 8.51. The molecular formula is C24H34N2O2S. The summed E-state index contributed by atoms with van der Waals surface area (Å²) in [6.07, 6.45) is 4.75. The van der Waals surface area contributed by atoms with E-state index in [-0.39, 0.29) is 17.1 Å². The highest BCUT2D eigenvalue weighted by Gasteiger charge is 2.42. The summed E-state index contributed by atoms with van der Waals surface area (Å²) in [5.41, 5.74) is 9.64. The van der Waals surface area contributed by atoms with Crippen LogP contribution in [0.5, 0.6) is 0 Å². The van der Waals surface area contributed by atoms with Crippen molar-refractivity contribution in [3.63, 3.8) is 0 Å². The molecule has 29 heavy (non-hydrogen) atoms. The van der Waals surface area contributed by atoms with E-state index < -0.39 is 9.84 Å². The Balaban J connectivity index is 2.25. The van der Waals surface area contributed by atoms with Crippen LogP contribution in [-0.2, 0) is 9.84 Å². The monoisotopic (exact) mass is 414 g/mol. The summed E-state index contributed by atoms with van der Waals surface area (Å²) in [6.45, 7) is 4.31. The molecule has 0 fully saturated rings. The molecule has 2 N–H and O–H groups in total. The van der Waals surface area contributed by atoms with Crippen molar-refractivity contribution in [1.82, 2.24) is 0 Å². The minimum Gasteiger partial charge on any atom is -0.399 e. The van der Waals surface area contributed by atoms with Gasteiger partial charge >= 0.3 is 0 Å². The van der Waals surface area contributed by atoms with Gasteiger partial charge in [0.2, 0.25) is 0 Å². The number of nitrogens with zero attached hydrogens (tertiary/aromatic N) is 1. The second-order valence-electron chi connectivity index (χ2n) is 8.76. The summed E-state index contributed by atoms with van der Waals surface area (Å²) in [7, 11) is 0.600. The van der Waals surface area contributed by atoms with E-state index >= 15 is 0 Å². The van der Waals surface area contributed by atoms with Crippen LogP contribution in [0.1, 0.15) is 63.0 Å². The number of hydrogen-bond acceptors (Lipinski definition) is 4. The first-order chi connectivity index (χ1) is 13.7. The number of hydrogen-bond donors (Lipinski definition) is 1. The topological polar surface area (TPSA) is 63.4 Å². The average Bonchev–Trinajstić information content (AvgIpc) is 2.78. The van der Waals surface area contributed by atoms with Gasteiger partial charge < -0.3 is 10.6 Å². The fourth-order valence-corrected chi connectivity index (χ4v) is 6.94. The Hall–Kier alpha value is -2.01. The predicted molar refractivity (Wildman–Crippen MR) is 122 cm³/mol. The summed E-state index contributed by atoms with van der Waals surface area (Å²) in [5.74, 6) is 0.242. The van der Waals surface area contributed by atoms with Crippen LogP contribution in [0.2, 0.25) is 0 Å². The van der Waals surface area contributed by atoms with Gasteiger partial charge in [0.15, 0.2) is 9.84 Å². The highest BCUT2D eigenvalue weighted by atomic mass is 32.2. The molecule has 0 spiro atoms. The van der Waals surface area contributed by atoms with Gasteiger partial charge in [-0.25, -0.2) is 8.42 Å². The second-order valence-corrected chi connectivity index (χ2v) is 10.7. The van der Waals surface area contributed by atoms with Crippen LogP contribution in [0.25, 0.3) is 0 Å². The van der Waals surface area contributed by atoms with Gasteiger partial charge in [0.05, 0.1) is 10.6 Å². The minimum atomic E-state index is -3.37. The molecular weight excluding hydrogens is 380 g/mol. The van der Waals surface area contributed by atoms with Crippen molar-refractivity contribution < 1.29 is 8.42 Å². The lowest BCUT2D eigenvalue weighted by molar-refractivity contribution is 0.247. The van der Waals surface area contributed by atoms with E-state index in [1.165, 1.54) is 0 Å². The lowest BCUT2D eigenvalue weighted by Gasteiger charge is -2.34. The molecule has 2 atom stereocenters. The molecule has 1 aliphatic rings. The van der Waals surface area contributed by atoms with Gasteiger partial charge in [0, 0.05) is 31.4 Å². The maximum atomic E-state index is 13.5. The number of fused-ring (bicyclic) bond motifs is 1. The maximum absolute atomic E-state index is 13.5. The van der Waals surface area contributed by atoms with Crippen molar-refractivity contribution in [3.05, 3.63) is 53.6 Å². The second kappa shape index (κ2) is 8.39. The first-order valence-electron chi connectivity index (χ1n) is 10.6. The maximum Gasteiger partial charge on any atom is 0.179 e. The normalized spacial score (nSPS) is 23.2. The molecule has 1 heterocycles. The van der Waals surface area contributed by atoms with Gasteiger partial charge in [-0.2, -0.15) is 0 Å². The van der Waals surface area contributed by atoms with Gasteiger partial charge in [-0.3, -0.25) is 0 Å². The molecule has 2 aromatic carbocycles. The SMILES string of the molecule is CCCC[C@@]1(CC)C[C@H](c2cccc(N)c2)c2cc(N(C)C)ccc2S(=O)(=O)C1. The highest BCUT2D eigenvalue weighted by molar-refractivity contribution is 7.91. The standard InChI is InChI=1S/C24H34N2O2S/c1-5-7-13-24(6-2)16-22(18-9-8-10-19(25)14-18)21-15-20(26(3)4)11-12-23(21)29(27,28)17-24/h8-12,14-15,22H,5-7,13,16-17,25H2,1-4H3/t22-,24+/m1/s1. The van der Waals surface area contributed by atoms with E-state index in [9.17, 15) is 8.42 Å². The van der Waals surface area contributed by atoms with Crippen LogP contribution >= 0.6 is 0 Å². The molecule has 0 bridgehead atoms. The van der Waals surface area contributed by atoms with Crippen molar-refractivity contribution in [2.75, 3.05) is 30.5 Å². The first-order valence-corrected chi connectivity index (χ1v) is 12.3. The van der Waals surface area contributed by atoms with Crippen molar-refractivity contribution in [1.29, 1.82) is 0 Å². The van der Waals surface area contributed by atoms with Crippen molar-refractivity contribution in [3.8, 4) is 0 Å². The number of anilines is 2. The van der Waals surface area contributed by atoms with Crippen molar-refractivity contribution in [2.45, 2.75) is 56.8 Å². The summed E-state index contributed by atoms with van der Waals surface area (Å²) >= 11 is 0. The molecule has 1 aliphatic heterocycles. The van der Waals surface area contributed by atoms with Crippen molar-refractivity contribution in [2.24, 2.45) is 5.41 Å². The lowest BCUT2D eigenvalue weighted by atomic mass is 9.71. The van der Waals surface area contributed by atoms with Crippen LogP contribution in [0.15, 0.2) is 47.4 Å². The zero-order valence-electron chi connectivity index (χ0n) is 18.1. The molecule has 0 saturated heterocycles. The van der Waals surface area contributed by atoms with Gasteiger partial charge in [-0.05, 0) is 66.1 Å². The smallest absolute Gasteiger partial charge is 0.179 e. The van der Waals surface area contributed by atoms with Crippen LogP contribution in [0.4, 0.5) is 11.4 Å². The van der Waals surface area contributed by atoms with Crippen molar-refractivity contribution >= 4 is 21.2 Å². The van der Waals surface area contributed by atoms with Gasteiger partial charge in [-0.15, -0.1) is 0 Å². The summed E-state index contributed by atoms with van der Waals surface area (Å²) < 4.78 is 27.0. The van der Waals surface area contributed by atoms with E-state index in [2.05, 4.69) is 26.0 Å². The highest BCUT2D eigenvalue weighted by Crippen LogP contribution is 2.49. The number of nitrogen functional groups attached to an aromatic ring is 1. The van der Waals surface area contributed by atoms with Gasteiger partial charge in [0.25, 0.3) is 0 Å². The first kappa shape index (κ1) is 21.7.